The van der Waals surface area contributed by atoms with Crippen molar-refractivity contribution in [2.24, 2.45) is 5.92 Å². The molecule has 1 rings (SSSR count). The van der Waals surface area contributed by atoms with Crippen LogP contribution in [-0.4, -0.2) is 45.4 Å². The van der Waals surface area contributed by atoms with Crippen molar-refractivity contribution in [2.45, 2.75) is 71.4 Å². The van der Waals surface area contributed by atoms with Gasteiger partial charge in [0, 0.05) is 11.6 Å². The number of rotatable bonds is 4. The zero-order valence-electron chi connectivity index (χ0n) is 14.3. The van der Waals surface area contributed by atoms with Crippen molar-refractivity contribution in [1.82, 2.24) is 10.2 Å². The van der Waals surface area contributed by atoms with Gasteiger partial charge in [-0.05, 0) is 53.9 Å². The van der Waals surface area contributed by atoms with Crippen molar-refractivity contribution in [3.63, 3.8) is 0 Å². The first-order valence-electron chi connectivity index (χ1n) is 7.49. The molecule has 0 aliphatic heterocycles. The van der Waals surface area contributed by atoms with Crippen molar-refractivity contribution < 1.29 is 19.4 Å². The van der Waals surface area contributed by atoms with Gasteiger partial charge >= 0.3 is 6.09 Å². The molecule has 3 unspecified atom stereocenters. The highest BCUT2D eigenvalue weighted by molar-refractivity contribution is 5.85. The van der Waals surface area contributed by atoms with Crippen LogP contribution in [0.1, 0.15) is 48.0 Å². The van der Waals surface area contributed by atoms with Crippen molar-refractivity contribution in [2.75, 3.05) is 0 Å². The number of carbonyl (C=O) groups is 2. The van der Waals surface area contributed by atoms with E-state index in [2.05, 4.69) is 11.9 Å². The molecule has 0 saturated heterocycles. The maximum Gasteiger partial charge on any atom is 0.413 e. The van der Waals surface area contributed by atoms with E-state index in [4.69, 9.17) is 4.74 Å². The number of carbonyl (C=O) groups excluding carboxylic acids is 2. The molecule has 6 nitrogen and oxygen atoms in total. The maximum absolute atomic E-state index is 12.3. The second-order valence-corrected chi connectivity index (χ2v) is 7.70. The third-order valence-corrected chi connectivity index (χ3v) is 3.07. The quantitative estimate of drug-likeness (QED) is 0.615. The summed E-state index contributed by atoms with van der Waals surface area (Å²) in [5.41, 5.74) is -1.20. The SMILES string of the molecule is C=CC1CC1N(C(=O)OC(C)(C)C)C(O)C(=O)NC(C)(C)C. The highest BCUT2D eigenvalue weighted by atomic mass is 16.6. The first-order chi connectivity index (χ1) is 9.85. The molecular weight excluding hydrogens is 284 g/mol. The minimum Gasteiger partial charge on any atom is -0.444 e. The summed E-state index contributed by atoms with van der Waals surface area (Å²) in [6.45, 7) is 14.3. The zero-order chi connectivity index (χ0) is 17.3. The van der Waals surface area contributed by atoms with Gasteiger partial charge in [-0.1, -0.05) is 6.08 Å². The molecule has 0 radical (unpaired) electrons. The predicted molar refractivity (Wildman–Crippen MR) is 84.1 cm³/mol. The number of amides is 2. The number of aliphatic hydroxyl groups excluding tert-OH is 1. The van der Waals surface area contributed by atoms with Crippen LogP contribution >= 0.6 is 0 Å². The van der Waals surface area contributed by atoms with Gasteiger partial charge in [-0.2, -0.15) is 0 Å². The Morgan fingerprint density at radius 1 is 1.32 bits per heavy atom. The summed E-state index contributed by atoms with van der Waals surface area (Å²) in [6, 6.07) is -0.256. The molecule has 0 aromatic rings. The van der Waals surface area contributed by atoms with Crippen LogP contribution in [0.25, 0.3) is 0 Å². The van der Waals surface area contributed by atoms with E-state index in [9.17, 15) is 14.7 Å². The molecule has 1 saturated carbocycles. The summed E-state index contributed by atoms with van der Waals surface area (Å²) in [7, 11) is 0. The number of hydrogen-bond donors (Lipinski definition) is 2. The van der Waals surface area contributed by atoms with Gasteiger partial charge < -0.3 is 15.2 Å². The van der Waals surface area contributed by atoms with Crippen molar-refractivity contribution in [3.8, 4) is 0 Å². The first-order valence-corrected chi connectivity index (χ1v) is 7.49. The molecule has 1 fully saturated rings. The fraction of sp³-hybridized carbons (Fsp3) is 0.750. The molecule has 126 valence electrons. The van der Waals surface area contributed by atoms with Crippen molar-refractivity contribution in [1.29, 1.82) is 0 Å². The normalized spacial score (nSPS) is 22.5. The molecule has 3 atom stereocenters. The molecule has 0 spiro atoms. The highest BCUT2D eigenvalue weighted by Crippen LogP contribution is 2.38. The van der Waals surface area contributed by atoms with E-state index in [-0.39, 0.29) is 12.0 Å². The minimum absolute atomic E-state index is 0.0737. The van der Waals surface area contributed by atoms with E-state index >= 15 is 0 Å². The Labute approximate surface area is 132 Å². The van der Waals surface area contributed by atoms with Crippen molar-refractivity contribution in [3.05, 3.63) is 12.7 Å². The van der Waals surface area contributed by atoms with Crippen LogP contribution in [0.3, 0.4) is 0 Å². The minimum atomic E-state index is -1.58. The number of nitrogens with zero attached hydrogens (tertiary/aromatic N) is 1. The summed E-state index contributed by atoms with van der Waals surface area (Å²) in [6.07, 6.45) is 0.112. The van der Waals surface area contributed by atoms with E-state index in [0.29, 0.717) is 6.42 Å². The van der Waals surface area contributed by atoms with Gasteiger partial charge in [0.2, 0.25) is 6.23 Å². The Balaban J connectivity index is 2.89. The van der Waals surface area contributed by atoms with Crippen LogP contribution < -0.4 is 5.32 Å². The Bertz CT molecular complexity index is 448. The molecule has 22 heavy (non-hydrogen) atoms. The van der Waals surface area contributed by atoms with Gasteiger partial charge in [0.05, 0.1) is 0 Å². The van der Waals surface area contributed by atoms with E-state index in [1.807, 2.05) is 0 Å². The first kappa shape index (κ1) is 18.5. The lowest BCUT2D eigenvalue weighted by molar-refractivity contribution is -0.141. The Morgan fingerprint density at radius 3 is 2.23 bits per heavy atom. The molecule has 2 amide bonds. The van der Waals surface area contributed by atoms with Gasteiger partial charge in [-0.3, -0.25) is 9.69 Å². The van der Waals surface area contributed by atoms with Gasteiger partial charge in [-0.25, -0.2) is 4.79 Å². The maximum atomic E-state index is 12.3. The largest absolute Gasteiger partial charge is 0.444 e. The highest BCUT2D eigenvalue weighted by Gasteiger charge is 2.48. The lowest BCUT2D eigenvalue weighted by Gasteiger charge is -2.32. The fourth-order valence-corrected chi connectivity index (χ4v) is 2.07. The average Bonchev–Trinajstić information content (AvgIpc) is 3.03. The van der Waals surface area contributed by atoms with Gasteiger partial charge in [0.1, 0.15) is 5.60 Å². The van der Waals surface area contributed by atoms with Crippen LogP contribution in [0.4, 0.5) is 4.79 Å². The molecule has 0 heterocycles. The summed E-state index contributed by atoms with van der Waals surface area (Å²) in [5.74, 6) is -0.544. The van der Waals surface area contributed by atoms with E-state index in [0.717, 1.165) is 4.90 Å². The van der Waals surface area contributed by atoms with E-state index in [1.165, 1.54) is 0 Å². The number of ether oxygens (including phenoxy) is 1. The van der Waals surface area contributed by atoms with Crippen molar-refractivity contribution >= 4 is 12.0 Å². The molecule has 6 heteroatoms. The molecule has 0 aromatic carbocycles. The number of nitrogens with one attached hydrogen (secondary N) is 1. The lowest BCUT2D eigenvalue weighted by Crippen LogP contribution is -2.55. The molecule has 0 aromatic heterocycles. The van der Waals surface area contributed by atoms with Crippen LogP contribution in [0, 0.1) is 5.92 Å². The Kier molecular flexibility index (Phi) is 5.28. The van der Waals surface area contributed by atoms with Crippen LogP contribution in [-0.2, 0) is 9.53 Å². The summed E-state index contributed by atoms with van der Waals surface area (Å²) >= 11 is 0. The third-order valence-electron chi connectivity index (χ3n) is 3.07. The van der Waals surface area contributed by atoms with Gasteiger partial charge in [0.25, 0.3) is 5.91 Å². The predicted octanol–water partition coefficient (Wildman–Crippen LogP) is 2.03. The zero-order valence-corrected chi connectivity index (χ0v) is 14.3. The number of aliphatic hydroxyl groups is 1. The monoisotopic (exact) mass is 312 g/mol. The molecular formula is C16H28N2O4. The summed E-state index contributed by atoms with van der Waals surface area (Å²) in [5, 5.41) is 13.0. The van der Waals surface area contributed by atoms with Crippen LogP contribution in [0.5, 0.6) is 0 Å². The molecule has 2 N–H and O–H groups in total. The second-order valence-electron chi connectivity index (χ2n) is 7.70. The topological polar surface area (TPSA) is 78.9 Å². The van der Waals surface area contributed by atoms with E-state index in [1.54, 1.807) is 47.6 Å². The van der Waals surface area contributed by atoms with Crippen LogP contribution in [0.2, 0.25) is 0 Å². The smallest absolute Gasteiger partial charge is 0.413 e. The third kappa shape index (κ3) is 5.33. The molecule has 1 aliphatic carbocycles. The average molecular weight is 312 g/mol. The summed E-state index contributed by atoms with van der Waals surface area (Å²) < 4.78 is 5.31. The lowest BCUT2D eigenvalue weighted by atomic mass is 10.1. The summed E-state index contributed by atoms with van der Waals surface area (Å²) in [4.78, 5) is 25.6. The standard InChI is InChI=1S/C16H28N2O4/c1-8-10-9-11(10)18(14(21)22-16(5,6)7)13(20)12(19)17-15(2,3)4/h8,10-11,13,20H,1,9H2,2-7H3,(H,17,19). The fourth-order valence-electron chi connectivity index (χ4n) is 2.07. The van der Waals surface area contributed by atoms with Gasteiger partial charge in [0.15, 0.2) is 0 Å². The molecule has 0 bridgehead atoms. The second kappa shape index (κ2) is 6.28. The van der Waals surface area contributed by atoms with E-state index < -0.39 is 29.4 Å². The van der Waals surface area contributed by atoms with Gasteiger partial charge in [-0.15, -0.1) is 6.58 Å². The Hall–Kier alpha value is -1.56. The molecule has 1 aliphatic rings. The Morgan fingerprint density at radius 2 is 1.86 bits per heavy atom. The number of hydrogen-bond acceptors (Lipinski definition) is 4. The van der Waals surface area contributed by atoms with Crippen LogP contribution in [0.15, 0.2) is 12.7 Å².